The van der Waals surface area contributed by atoms with Gasteiger partial charge in [-0.1, -0.05) is 29.8 Å². The van der Waals surface area contributed by atoms with Crippen molar-refractivity contribution in [1.82, 2.24) is 10.6 Å². The van der Waals surface area contributed by atoms with E-state index in [1.54, 1.807) is 19.1 Å². The maximum atomic E-state index is 12.6. The molecule has 1 aromatic rings. The van der Waals surface area contributed by atoms with Crippen LogP contribution in [0, 0.1) is 36.5 Å². The third-order valence-electron chi connectivity index (χ3n) is 6.94. The molecule has 1 saturated carbocycles. The molecule has 3 fully saturated rings. The molecule has 0 bridgehead atoms. The Morgan fingerprint density at radius 1 is 0.893 bits per heavy atom. The minimum absolute atomic E-state index is 0.106. The molecular weight excluding hydrogens is 360 g/mol. The number of hydrogen-bond acceptors (Lipinski definition) is 5. The van der Waals surface area contributed by atoms with Crippen molar-refractivity contribution in [2.45, 2.75) is 25.7 Å². The van der Waals surface area contributed by atoms with Crippen LogP contribution in [0.4, 0.5) is 0 Å². The van der Waals surface area contributed by atoms with Gasteiger partial charge in [0.25, 0.3) is 0 Å². The number of carbonyl (C=O) groups is 4. The lowest BCUT2D eigenvalue weighted by Gasteiger charge is -2.44. The monoisotopic (exact) mass is 380 g/mol. The highest BCUT2D eigenvalue weighted by atomic mass is 16.3. The summed E-state index contributed by atoms with van der Waals surface area (Å²) in [5.41, 5.74) is 2.17. The van der Waals surface area contributed by atoms with Crippen molar-refractivity contribution in [2.24, 2.45) is 29.6 Å². The third-order valence-corrected chi connectivity index (χ3v) is 6.94. The van der Waals surface area contributed by atoms with E-state index in [1.165, 1.54) is 0 Å². The molecule has 6 atom stereocenters. The van der Waals surface area contributed by atoms with Crippen molar-refractivity contribution < 1.29 is 24.3 Å². The first-order valence-electron chi connectivity index (χ1n) is 9.56. The fraction of sp³-hybridized carbons (Fsp3) is 0.429. The van der Waals surface area contributed by atoms with Crippen molar-refractivity contribution in [2.75, 3.05) is 0 Å². The summed E-state index contributed by atoms with van der Waals surface area (Å²) < 4.78 is 0. The number of amides is 4. The summed E-state index contributed by atoms with van der Waals surface area (Å²) in [6, 6.07) is 5.37. The van der Waals surface area contributed by atoms with Gasteiger partial charge in [-0.15, -0.1) is 0 Å². The van der Waals surface area contributed by atoms with Gasteiger partial charge in [-0.05, 0) is 31.2 Å². The van der Waals surface area contributed by atoms with Crippen LogP contribution in [0.25, 0.3) is 0 Å². The number of nitrogens with one attached hydrogen (secondary N) is 2. The van der Waals surface area contributed by atoms with Gasteiger partial charge < -0.3 is 5.11 Å². The van der Waals surface area contributed by atoms with Crippen LogP contribution in [-0.2, 0) is 19.2 Å². The van der Waals surface area contributed by atoms with Gasteiger partial charge in [-0.2, -0.15) is 0 Å². The number of phenolic OH excluding ortho intramolecular Hbond substituents is 1. The molecule has 2 aliphatic heterocycles. The van der Waals surface area contributed by atoms with Gasteiger partial charge in [0.05, 0.1) is 23.7 Å². The van der Waals surface area contributed by atoms with Crippen molar-refractivity contribution in [3.8, 4) is 5.75 Å². The summed E-state index contributed by atoms with van der Waals surface area (Å²) in [4.78, 5) is 49.8. The number of fused-ring (bicyclic) bond motifs is 4. The van der Waals surface area contributed by atoms with Crippen molar-refractivity contribution in [3.05, 3.63) is 41.0 Å². The highest BCUT2D eigenvalue weighted by molar-refractivity contribution is 6.07. The zero-order chi connectivity index (χ0) is 19.7. The Morgan fingerprint density at radius 2 is 1.57 bits per heavy atom. The molecule has 3 N–H and O–H groups in total. The van der Waals surface area contributed by atoms with Gasteiger partial charge in [-0.3, -0.25) is 29.8 Å². The van der Waals surface area contributed by atoms with Crippen LogP contribution in [-0.4, -0.2) is 28.7 Å². The lowest BCUT2D eigenvalue weighted by atomic mass is 9.57. The molecule has 2 aliphatic carbocycles. The van der Waals surface area contributed by atoms with Crippen LogP contribution in [0.5, 0.6) is 5.75 Å². The number of hydrogen-bond donors (Lipinski definition) is 3. The Morgan fingerprint density at radius 3 is 2.32 bits per heavy atom. The summed E-state index contributed by atoms with van der Waals surface area (Å²) in [5, 5.41) is 15.6. The Kier molecular flexibility index (Phi) is 3.53. The van der Waals surface area contributed by atoms with Gasteiger partial charge in [-0.25, -0.2) is 0 Å². The molecule has 5 rings (SSSR count). The zero-order valence-corrected chi connectivity index (χ0v) is 15.3. The average molecular weight is 380 g/mol. The SMILES string of the molecule is Cc1cccc([C@H]2C3=CC[C@@H]4C(=O)NC(=O)[C@@H]4[C@@H]3C[C@H]3C(=O)NC(=O)[C@@H]23)c1O. The van der Waals surface area contributed by atoms with E-state index in [0.717, 1.165) is 5.57 Å². The minimum Gasteiger partial charge on any atom is -0.507 e. The Bertz CT molecular complexity index is 981. The normalized spacial score (nSPS) is 36.2. The second-order valence-electron chi connectivity index (χ2n) is 8.24. The smallest absolute Gasteiger partial charge is 0.231 e. The van der Waals surface area contributed by atoms with Gasteiger partial charge in [0.1, 0.15) is 5.75 Å². The molecule has 4 aliphatic rings. The summed E-state index contributed by atoms with van der Waals surface area (Å²) in [6.45, 7) is 1.78. The van der Waals surface area contributed by atoms with E-state index in [4.69, 9.17) is 0 Å². The van der Waals surface area contributed by atoms with E-state index in [2.05, 4.69) is 10.6 Å². The standard InChI is InChI=1S/C21H20N2O5/c1-8-3-2-4-10(17(8)24)14-9-5-6-11-15(20(27)22-18(11)25)12(9)7-13-16(14)21(28)23-19(13)26/h2-5,11-16,24H,6-7H2,1H3,(H,22,25,27)(H,23,26,28)/t11-,12+,13+,14+,15-,16+/m0/s1. The molecule has 28 heavy (non-hydrogen) atoms. The third kappa shape index (κ3) is 2.16. The topological polar surface area (TPSA) is 113 Å². The van der Waals surface area contributed by atoms with Crippen molar-refractivity contribution in [3.63, 3.8) is 0 Å². The molecule has 0 aromatic heterocycles. The van der Waals surface area contributed by atoms with E-state index >= 15 is 0 Å². The van der Waals surface area contributed by atoms with E-state index < -0.39 is 29.6 Å². The Labute approximate surface area is 161 Å². The lowest BCUT2D eigenvalue weighted by molar-refractivity contribution is -0.128. The molecule has 4 amide bonds. The second-order valence-corrected chi connectivity index (χ2v) is 8.24. The summed E-state index contributed by atoms with van der Waals surface area (Å²) in [5.74, 6) is -4.05. The van der Waals surface area contributed by atoms with Crippen LogP contribution in [0.15, 0.2) is 29.8 Å². The Balaban J connectivity index is 1.69. The molecule has 0 unspecified atom stereocenters. The van der Waals surface area contributed by atoms with Gasteiger partial charge in [0.2, 0.25) is 23.6 Å². The maximum absolute atomic E-state index is 12.6. The highest BCUT2D eigenvalue weighted by Gasteiger charge is 2.59. The molecular formula is C21H20N2O5. The zero-order valence-electron chi connectivity index (χ0n) is 15.3. The molecule has 144 valence electrons. The number of carbonyl (C=O) groups excluding carboxylic acids is 4. The van der Waals surface area contributed by atoms with E-state index in [9.17, 15) is 24.3 Å². The average Bonchev–Trinajstić information content (AvgIpc) is 3.11. The first kappa shape index (κ1) is 17.2. The van der Waals surface area contributed by atoms with Gasteiger partial charge >= 0.3 is 0 Å². The summed E-state index contributed by atoms with van der Waals surface area (Å²) in [7, 11) is 0. The van der Waals surface area contributed by atoms with E-state index in [0.29, 0.717) is 24.0 Å². The van der Waals surface area contributed by atoms with Crippen LogP contribution in [0.1, 0.15) is 29.9 Å². The van der Waals surface area contributed by atoms with Gasteiger partial charge in [0.15, 0.2) is 0 Å². The number of para-hydroxylation sites is 1. The first-order valence-corrected chi connectivity index (χ1v) is 9.56. The van der Waals surface area contributed by atoms with Gasteiger partial charge in [0, 0.05) is 11.5 Å². The summed E-state index contributed by atoms with van der Waals surface area (Å²) in [6.07, 6.45) is 2.73. The number of aryl methyl sites for hydroxylation is 1. The van der Waals surface area contributed by atoms with E-state index in [-0.39, 0.29) is 35.3 Å². The molecule has 7 heteroatoms. The Hall–Kier alpha value is -2.96. The van der Waals surface area contributed by atoms with E-state index in [1.807, 2.05) is 12.1 Å². The largest absolute Gasteiger partial charge is 0.507 e. The fourth-order valence-corrected chi connectivity index (χ4v) is 5.69. The number of allylic oxidation sites excluding steroid dienone is 2. The molecule has 7 nitrogen and oxygen atoms in total. The quantitative estimate of drug-likeness (QED) is 0.495. The van der Waals surface area contributed by atoms with Crippen LogP contribution in [0.2, 0.25) is 0 Å². The first-order chi connectivity index (χ1) is 13.4. The maximum Gasteiger partial charge on any atom is 0.231 e. The highest BCUT2D eigenvalue weighted by Crippen LogP contribution is 2.57. The molecule has 0 spiro atoms. The molecule has 1 aromatic carbocycles. The number of rotatable bonds is 1. The second kappa shape index (κ2) is 5.77. The number of phenols is 1. The molecule has 2 saturated heterocycles. The molecule has 0 radical (unpaired) electrons. The van der Waals surface area contributed by atoms with Crippen LogP contribution < -0.4 is 10.6 Å². The predicted octanol–water partition coefficient (Wildman–Crippen LogP) is 0.912. The van der Waals surface area contributed by atoms with Crippen LogP contribution >= 0.6 is 0 Å². The number of aromatic hydroxyl groups is 1. The number of imide groups is 2. The lowest BCUT2D eigenvalue weighted by Crippen LogP contribution is -2.42. The minimum atomic E-state index is -0.612. The van der Waals surface area contributed by atoms with Crippen molar-refractivity contribution in [1.29, 1.82) is 0 Å². The summed E-state index contributed by atoms with van der Waals surface area (Å²) >= 11 is 0. The fourth-order valence-electron chi connectivity index (χ4n) is 5.69. The predicted molar refractivity (Wildman–Crippen MR) is 96.7 cm³/mol. The van der Waals surface area contributed by atoms with Crippen molar-refractivity contribution >= 4 is 23.6 Å². The number of benzene rings is 1. The molecule has 2 heterocycles. The van der Waals surface area contributed by atoms with Crippen LogP contribution in [0.3, 0.4) is 0 Å².